The van der Waals surface area contributed by atoms with Crippen LogP contribution in [0.1, 0.15) is 45.4 Å². The Labute approximate surface area is 126 Å². The van der Waals surface area contributed by atoms with Crippen molar-refractivity contribution < 1.29 is 14.7 Å². The van der Waals surface area contributed by atoms with Crippen LogP contribution in [0.4, 0.5) is 4.79 Å². The van der Waals surface area contributed by atoms with Crippen molar-refractivity contribution in [1.29, 1.82) is 0 Å². The number of carboxylic acids is 1. The summed E-state index contributed by atoms with van der Waals surface area (Å²) in [5, 5.41) is 14.8. The molecule has 1 unspecified atom stereocenters. The summed E-state index contributed by atoms with van der Waals surface area (Å²) in [5.41, 5.74) is -0.726. The van der Waals surface area contributed by atoms with E-state index < -0.39 is 11.4 Å². The van der Waals surface area contributed by atoms with Crippen LogP contribution in [-0.4, -0.2) is 54.2 Å². The number of urea groups is 1. The molecule has 1 heterocycles. The molecule has 0 aromatic heterocycles. The van der Waals surface area contributed by atoms with Crippen LogP contribution in [0.5, 0.6) is 0 Å². The van der Waals surface area contributed by atoms with Crippen molar-refractivity contribution in [2.45, 2.75) is 51.5 Å². The molecule has 0 radical (unpaired) electrons. The minimum absolute atomic E-state index is 0.228. The highest BCUT2D eigenvalue weighted by Crippen LogP contribution is 2.40. The third kappa shape index (κ3) is 4.09. The van der Waals surface area contributed by atoms with Crippen molar-refractivity contribution in [2.24, 2.45) is 5.41 Å². The molecular formula is C15H27N3O3. The Morgan fingerprint density at radius 3 is 2.33 bits per heavy atom. The largest absolute Gasteiger partial charge is 0.481 e. The molecule has 1 aliphatic heterocycles. The maximum atomic E-state index is 11.8. The quantitative estimate of drug-likeness (QED) is 0.692. The second kappa shape index (κ2) is 7.11. The Morgan fingerprint density at radius 1 is 1.14 bits per heavy atom. The van der Waals surface area contributed by atoms with Gasteiger partial charge in [-0.3, -0.25) is 9.69 Å². The zero-order valence-corrected chi connectivity index (χ0v) is 12.9. The minimum atomic E-state index is -0.796. The van der Waals surface area contributed by atoms with Crippen LogP contribution in [0, 0.1) is 5.41 Å². The van der Waals surface area contributed by atoms with Crippen LogP contribution in [0.15, 0.2) is 0 Å². The highest BCUT2D eigenvalue weighted by molar-refractivity contribution is 5.78. The lowest BCUT2D eigenvalue weighted by molar-refractivity contribution is -0.153. The van der Waals surface area contributed by atoms with Gasteiger partial charge in [-0.05, 0) is 45.7 Å². The van der Waals surface area contributed by atoms with E-state index in [9.17, 15) is 14.7 Å². The summed E-state index contributed by atoms with van der Waals surface area (Å²) in [4.78, 5) is 25.4. The fraction of sp³-hybridized carbons (Fsp3) is 0.867. The van der Waals surface area contributed by atoms with Gasteiger partial charge in [0, 0.05) is 19.1 Å². The van der Waals surface area contributed by atoms with Crippen molar-refractivity contribution in [3.8, 4) is 0 Å². The van der Waals surface area contributed by atoms with Gasteiger partial charge in [0.25, 0.3) is 0 Å². The monoisotopic (exact) mass is 297 g/mol. The van der Waals surface area contributed by atoms with Crippen molar-refractivity contribution >= 4 is 12.0 Å². The van der Waals surface area contributed by atoms with Gasteiger partial charge in [0.1, 0.15) is 0 Å². The number of amides is 2. The molecule has 120 valence electrons. The lowest BCUT2D eigenvalue weighted by atomic mass is 9.69. The summed E-state index contributed by atoms with van der Waals surface area (Å²) in [7, 11) is 0. The molecule has 21 heavy (non-hydrogen) atoms. The second-order valence-electron chi connectivity index (χ2n) is 6.45. The number of rotatable bonds is 6. The van der Waals surface area contributed by atoms with Crippen LogP contribution < -0.4 is 10.6 Å². The van der Waals surface area contributed by atoms with Crippen LogP contribution in [0.25, 0.3) is 0 Å². The fourth-order valence-corrected chi connectivity index (χ4v) is 3.11. The van der Waals surface area contributed by atoms with Gasteiger partial charge in [0.15, 0.2) is 0 Å². The first-order valence-corrected chi connectivity index (χ1v) is 8.03. The van der Waals surface area contributed by atoms with Gasteiger partial charge in [0.2, 0.25) is 0 Å². The van der Waals surface area contributed by atoms with Gasteiger partial charge in [-0.25, -0.2) is 4.79 Å². The molecule has 0 bridgehead atoms. The van der Waals surface area contributed by atoms with Gasteiger partial charge in [-0.2, -0.15) is 0 Å². The number of likely N-dealkylation sites (tertiary alicyclic amines) is 1. The summed E-state index contributed by atoms with van der Waals surface area (Å²) in [6.07, 6.45) is 6.02. The summed E-state index contributed by atoms with van der Waals surface area (Å²) in [6.45, 7) is 5.16. The third-order valence-corrected chi connectivity index (χ3v) is 4.92. The fourth-order valence-electron chi connectivity index (χ4n) is 3.11. The maximum Gasteiger partial charge on any atom is 0.314 e. The molecule has 2 aliphatic rings. The molecule has 2 amide bonds. The molecule has 0 aromatic rings. The average molecular weight is 297 g/mol. The molecule has 6 heteroatoms. The van der Waals surface area contributed by atoms with Gasteiger partial charge in [0.05, 0.1) is 5.41 Å². The van der Waals surface area contributed by atoms with E-state index in [-0.39, 0.29) is 12.6 Å². The summed E-state index contributed by atoms with van der Waals surface area (Å²) >= 11 is 0. The zero-order chi connectivity index (χ0) is 15.3. The topological polar surface area (TPSA) is 81.7 Å². The number of aliphatic carboxylic acids is 1. The Hall–Kier alpha value is -1.30. The molecule has 2 rings (SSSR count). The zero-order valence-electron chi connectivity index (χ0n) is 12.9. The van der Waals surface area contributed by atoms with E-state index in [0.717, 1.165) is 19.5 Å². The van der Waals surface area contributed by atoms with Crippen molar-refractivity contribution in [3.05, 3.63) is 0 Å². The summed E-state index contributed by atoms with van der Waals surface area (Å²) in [5.74, 6) is -0.796. The standard InChI is InChI=1S/C15H27N3O3/c1-12(18-8-3-2-4-9-18)10-16-14(21)17-11-15(13(19)20)6-5-7-15/h12H,2-11H2,1H3,(H,19,20)(H2,16,17,21). The Bertz CT molecular complexity index is 376. The number of carboxylic acid groups (broad SMARTS) is 1. The predicted octanol–water partition coefficient (Wildman–Crippen LogP) is 1.41. The van der Waals surface area contributed by atoms with E-state index in [4.69, 9.17) is 0 Å². The smallest absolute Gasteiger partial charge is 0.314 e. The van der Waals surface area contributed by atoms with Crippen molar-refractivity contribution in [1.82, 2.24) is 15.5 Å². The maximum absolute atomic E-state index is 11.8. The van der Waals surface area contributed by atoms with E-state index in [1.807, 2.05) is 0 Å². The van der Waals surface area contributed by atoms with Gasteiger partial charge < -0.3 is 15.7 Å². The molecule has 2 fully saturated rings. The van der Waals surface area contributed by atoms with E-state index in [2.05, 4.69) is 22.5 Å². The molecule has 0 spiro atoms. The van der Waals surface area contributed by atoms with Crippen LogP contribution in [-0.2, 0) is 4.79 Å². The number of hydrogen-bond donors (Lipinski definition) is 3. The molecule has 6 nitrogen and oxygen atoms in total. The van der Waals surface area contributed by atoms with Crippen molar-refractivity contribution in [2.75, 3.05) is 26.2 Å². The lowest BCUT2D eigenvalue weighted by Gasteiger charge is -2.37. The number of nitrogens with one attached hydrogen (secondary N) is 2. The lowest BCUT2D eigenvalue weighted by Crippen LogP contribution is -2.51. The summed E-state index contributed by atoms with van der Waals surface area (Å²) in [6, 6.07) is 0.0690. The minimum Gasteiger partial charge on any atom is -0.481 e. The van der Waals surface area contributed by atoms with E-state index in [1.165, 1.54) is 19.3 Å². The number of carbonyl (C=O) groups excluding carboxylic acids is 1. The first-order chi connectivity index (χ1) is 10.0. The Balaban J connectivity index is 1.66. The molecular weight excluding hydrogens is 270 g/mol. The molecule has 1 saturated carbocycles. The highest BCUT2D eigenvalue weighted by atomic mass is 16.4. The van der Waals surface area contributed by atoms with Crippen LogP contribution in [0.2, 0.25) is 0 Å². The summed E-state index contributed by atoms with van der Waals surface area (Å²) < 4.78 is 0. The second-order valence-corrected chi connectivity index (χ2v) is 6.45. The van der Waals surface area contributed by atoms with E-state index in [0.29, 0.717) is 25.4 Å². The molecule has 1 atom stereocenters. The van der Waals surface area contributed by atoms with Gasteiger partial charge in [-0.15, -0.1) is 0 Å². The molecule has 1 saturated heterocycles. The number of hydrogen-bond acceptors (Lipinski definition) is 3. The van der Waals surface area contributed by atoms with E-state index >= 15 is 0 Å². The third-order valence-electron chi connectivity index (χ3n) is 4.92. The Morgan fingerprint density at radius 2 is 1.81 bits per heavy atom. The Kier molecular flexibility index (Phi) is 5.45. The van der Waals surface area contributed by atoms with Gasteiger partial charge >= 0.3 is 12.0 Å². The first kappa shape index (κ1) is 16.1. The van der Waals surface area contributed by atoms with Gasteiger partial charge in [-0.1, -0.05) is 12.8 Å². The van der Waals surface area contributed by atoms with Crippen LogP contribution >= 0.6 is 0 Å². The number of nitrogens with zero attached hydrogens (tertiary/aromatic N) is 1. The molecule has 0 aromatic carbocycles. The van der Waals surface area contributed by atoms with Crippen molar-refractivity contribution in [3.63, 3.8) is 0 Å². The molecule has 1 aliphatic carbocycles. The predicted molar refractivity (Wildman–Crippen MR) is 80.2 cm³/mol. The number of piperidine rings is 1. The SMILES string of the molecule is CC(CNC(=O)NCC1(C(=O)O)CCC1)N1CCCCC1. The number of carbonyl (C=O) groups is 2. The molecule has 3 N–H and O–H groups in total. The van der Waals surface area contributed by atoms with Crippen LogP contribution in [0.3, 0.4) is 0 Å². The van der Waals surface area contributed by atoms with E-state index in [1.54, 1.807) is 0 Å². The average Bonchev–Trinajstić information content (AvgIpc) is 2.44. The first-order valence-electron chi connectivity index (χ1n) is 8.03. The normalized spacial score (nSPS) is 22.9. The highest BCUT2D eigenvalue weighted by Gasteiger charge is 2.44.